The summed E-state index contributed by atoms with van der Waals surface area (Å²) < 4.78 is 3.49. The molecule has 2 saturated carbocycles. The summed E-state index contributed by atoms with van der Waals surface area (Å²) in [5.74, 6) is 0.131. The molecule has 2 aliphatic rings. The van der Waals surface area contributed by atoms with E-state index in [2.05, 4.69) is 51.8 Å². The second kappa shape index (κ2) is 9.96. The van der Waals surface area contributed by atoms with Crippen LogP contribution in [0.1, 0.15) is 84.1 Å². The molecule has 7 heteroatoms. The van der Waals surface area contributed by atoms with Crippen molar-refractivity contribution < 1.29 is 9.90 Å². The second-order valence-electron chi connectivity index (χ2n) is 10.7. The maximum atomic E-state index is 12.1. The number of aryl methyl sites for hydroxylation is 2. The molecule has 2 aromatic heterocycles. The normalized spacial score (nSPS) is 19.7. The Hall–Kier alpha value is -3.74. The monoisotopic (exact) mass is 495 g/mol. The second-order valence-corrected chi connectivity index (χ2v) is 10.7. The molecular weight excluding hydrogens is 462 g/mol. The third-order valence-corrected chi connectivity index (χ3v) is 8.10. The van der Waals surface area contributed by atoms with Gasteiger partial charge in [-0.2, -0.15) is 5.10 Å². The highest BCUT2D eigenvalue weighted by molar-refractivity contribution is 5.89. The smallest absolute Gasteiger partial charge is 0.339 e. The zero-order valence-corrected chi connectivity index (χ0v) is 21.3. The third kappa shape index (κ3) is 4.95. The number of rotatable bonds is 8. The van der Waals surface area contributed by atoms with Gasteiger partial charge in [0, 0.05) is 25.1 Å². The van der Waals surface area contributed by atoms with E-state index in [0.29, 0.717) is 0 Å². The summed E-state index contributed by atoms with van der Waals surface area (Å²) in [6.07, 6.45) is 13.5. The molecular formula is C30H33N5O2. The lowest BCUT2D eigenvalue weighted by atomic mass is 9.85. The van der Waals surface area contributed by atoms with Crippen LogP contribution in [-0.4, -0.2) is 35.9 Å². The number of carbonyl (C=O) groups is 1. The van der Waals surface area contributed by atoms with Gasteiger partial charge in [0.05, 0.1) is 23.3 Å². The average molecular weight is 496 g/mol. The molecule has 1 N–H and O–H groups in total. The molecule has 0 amide bonds. The largest absolute Gasteiger partial charge is 0.478 e. The van der Waals surface area contributed by atoms with Gasteiger partial charge in [-0.1, -0.05) is 73.7 Å². The number of aromatic nitrogens is 5. The highest BCUT2D eigenvalue weighted by atomic mass is 16.4. The molecule has 4 aromatic rings. The van der Waals surface area contributed by atoms with Crippen molar-refractivity contribution in [2.45, 2.75) is 63.2 Å². The fourth-order valence-electron chi connectivity index (χ4n) is 6.01. The van der Waals surface area contributed by atoms with E-state index in [1.54, 1.807) is 9.36 Å². The minimum Gasteiger partial charge on any atom is -0.478 e. The standard InChI is InChI=1S/C30H33N5O2/c1-34-19-28(32-33-34)25-17-26(25)29-27(30(36)37)18-31-35(29)24-12-6-11-23(16-24)22-10-5-9-21(15-22)14-13-20-7-3-2-4-8-20/h5-6,9-12,15-16,18-20,25-26H,2-4,7-8,13-14,17H2,1H3,(H,36,37). The van der Waals surface area contributed by atoms with Crippen LogP contribution in [0.2, 0.25) is 0 Å². The maximum absolute atomic E-state index is 12.1. The number of hydrogen-bond acceptors (Lipinski definition) is 4. The molecule has 0 spiro atoms. The summed E-state index contributed by atoms with van der Waals surface area (Å²) in [6, 6.07) is 17.1. The van der Waals surface area contributed by atoms with Gasteiger partial charge in [0.25, 0.3) is 0 Å². The van der Waals surface area contributed by atoms with E-state index in [4.69, 9.17) is 0 Å². The lowest BCUT2D eigenvalue weighted by Crippen LogP contribution is -2.07. The van der Waals surface area contributed by atoms with E-state index in [9.17, 15) is 9.90 Å². The van der Waals surface area contributed by atoms with Crippen molar-refractivity contribution in [3.63, 3.8) is 0 Å². The Labute approximate surface area is 217 Å². The Morgan fingerprint density at radius 1 is 1.03 bits per heavy atom. The minimum absolute atomic E-state index is 0.0528. The molecule has 0 saturated heterocycles. The third-order valence-electron chi connectivity index (χ3n) is 8.10. The van der Waals surface area contributed by atoms with Crippen LogP contribution in [0.15, 0.2) is 60.9 Å². The Kier molecular flexibility index (Phi) is 6.37. The number of aromatic carboxylic acids is 1. The quantitative estimate of drug-likeness (QED) is 0.317. The van der Waals surface area contributed by atoms with Gasteiger partial charge in [-0.3, -0.25) is 4.68 Å². The molecule has 6 rings (SSSR count). The van der Waals surface area contributed by atoms with Gasteiger partial charge in [-0.25, -0.2) is 9.48 Å². The predicted molar refractivity (Wildman–Crippen MR) is 142 cm³/mol. The summed E-state index contributed by atoms with van der Waals surface area (Å²) in [7, 11) is 1.84. The minimum atomic E-state index is -0.951. The fourth-order valence-corrected chi connectivity index (χ4v) is 6.01. The van der Waals surface area contributed by atoms with Crippen LogP contribution in [0.25, 0.3) is 16.8 Å². The zero-order chi connectivity index (χ0) is 25.4. The molecule has 2 fully saturated rings. The molecule has 2 aliphatic carbocycles. The van der Waals surface area contributed by atoms with E-state index in [1.165, 1.54) is 55.8 Å². The first-order valence-corrected chi connectivity index (χ1v) is 13.4. The van der Waals surface area contributed by atoms with Crippen molar-refractivity contribution in [3.05, 3.63) is 83.4 Å². The molecule has 0 radical (unpaired) electrons. The van der Waals surface area contributed by atoms with Crippen molar-refractivity contribution in [1.29, 1.82) is 0 Å². The van der Waals surface area contributed by atoms with Gasteiger partial charge in [0.1, 0.15) is 5.56 Å². The van der Waals surface area contributed by atoms with Crippen LogP contribution in [0, 0.1) is 5.92 Å². The van der Waals surface area contributed by atoms with Crippen molar-refractivity contribution in [1.82, 2.24) is 24.8 Å². The van der Waals surface area contributed by atoms with E-state index in [0.717, 1.165) is 41.4 Å². The Morgan fingerprint density at radius 2 is 1.81 bits per heavy atom. The first-order valence-electron chi connectivity index (χ1n) is 13.4. The van der Waals surface area contributed by atoms with Crippen LogP contribution in [0.3, 0.4) is 0 Å². The Morgan fingerprint density at radius 3 is 2.57 bits per heavy atom. The Bertz CT molecular complexity index is 1410. The van der Waals surface area contributed by atoms with Gasteiger partial charge in [0.15, 0.2) is 0 Å². The summed E-state index contributed by atoms with van der Waals surface area (Å²) in [6.45, 7) is 0. The lowest BCUT2D eigenvalue weighted by molar-refractivity contribution is 0.0695. The topological polar surface area (TPSA) is 85.8 Å². The van der Waals surface area contributed by atoms with Gasteiger partial charge in [0.2, 0.25) is 0 Å². The Balaban J connectivity index is 1.27. The first-order chi connectivity index (χ1) is 18.1. The van der Waals surface area contributed by atoms with E-state index >= 15 is 0 Å². The van der Waals surface area contributed by atoms with Gasteiger partial charge >= 0.3 is 5.97 Å². The van der Waals surface area contributed by atoms with Crippen LogP contribution >= 0.6 is 0 Å². The molecule has 2 unspecified atom stereocenters. The summed E-state index contributed by atoms with van der Waals surface area (Å²) in [5, 5.41) is 22.7. The molecule has 0 aliphatic heterocycles. The summed E-state index contributed by atoms with van der Waals surface area (Å²) >= 11 is 0. The molecule has 37 heavy (non-hydrogen) atoms. The highest BCUT2D eigenvalue weighted by Crippen LogP contribution is 2.55. The fraction of sp³-hybridized carbons (Fsp3) is 0.400. The van der Waals surface area contributed by atoms with Crippen LogP contribution in [0.4, 0.5) is 0 Å². The van der Waals surface area contributed by atoms with Crippen molar-refractivity contribution >= 4 is 5.97 Å². The van der Waals surface area contributed by atoms with Gasteiger partial charge < -0.3 is 5.11 Å². The molecule has 2 heterocycles. The summed E-state index contributed by atoms with van der Waals surface area (Å²) in [4.78, 5) is 12.1. The van der Waals surface area contributed by atoms with Gasteiger partial charge in [-0.05, 0) is 54.0 Å². The number of carboxylic acids is 1. The number of carboxylic acid groups (broad SMARTS) is 1. The first kappa shape index (κ1) is 23.6. The van der Waals surface area contributed by atoms with E-state index in [-0.39, 0.29) is 17.4 Å². The lowest BCUT2D eigenvalue weighted by Gasteiger charge is -2.21. The van der Waals surface area contributed by atoms with Gasteiger partial charge in [-0.15, -0.1) is 5.10 Å². The van der Waals surface area contributed by atoms with Crippen LogP contribution in [0.5, 0.6) is 0 Å². The van der Waals surface area contributed by atoms with E-state index < -0.39 is 5.97 Å². The van der Waals surface area contributed by atoms with E-state index in [1.807, 2.05) is 25.4 Å². The average Bonchev–Trinajstić information content (AvgIpc) is 3.37. The summed E-state index contributed by atoms with van der Waals surface area (Å²) in [5.41, 5.74) is 6.43. The molecule has 0 bridgehead atoms. The molecule has 2 aromatic carbocycles. The number of nitrogens with zero attached hydrogens (tertiary/aromatic N) is 5. The predicted octanol–water partition coefficient (Wildman–Crippen LogP) is 6.15. The number of benzene rings is 2. The number of hydrogen-bond donors (Lipinski definition) is 1. The van der Waals surface area contributed by atoms with Crippen molar-refractivity contribution in [2.75, 3.05) is 0 Å². The zero-order valence-electron chi connectivity index (χ0n) is 21.3. The SMILES string of the molecule is Cn1cc(C2CC2c2c(C(=O)O)cnn2-c2cccc(-c3cccc(CCC4CCCCC4)c3)c2)nn1. The van der Waals surface area contributed by atoms with Crippen molar-refractivity contribution in [2.24, 2.45) is 13.0 Å². The van der Waals surface area contributed by atoms with Crippen LogP contribution < -0.4 is 0 Å². The molecule has 2 atom stereocenters. The van der Waals surface area contributed by atoms with Crippen molar-refractivity contribution in [3.8, 4) is 16.8 Å². The van der Waals surface area contributed by atoms with Crippen LogP contribution in [-0.2, 0) is 13.5 Å². The highest BCUT2D eigenvalue weighted by Gasteiger charge is 2.46. The molecule has 7 nitrogen and oxygen atoms in total. The molecule has 190 valence electrons. The maximum Gasteiger partial charge on any atom is 0.339 e.